The molecule has 0 spiro atoms. The van der Waals surface area contributed by atoms with E-state index in [9.17, 15) is 0 Å². The van der Waals surface area contributed by atoms with Gasteiger partial charge in [0.2, 0.25) is 0 Å². The molecule has 0 saturated heterocycles. The largest absolute Gasteiger partial charge is 0.371 e. The highest BCUT2D eigenvalue weighted by atomic mass is 35.5. The van der Waals surface area contributed by atoms with Crippen LogP contribution in [0, 0.1) is 0 Å². The number of halogens is 1. The molecule has 1 aromatic carbocycles. The third-order valence-corrected chi connectivity index (χ3v) is 3.85. The van der Waals surface area contributed by atoms with Crippen LogP contribution in [0.15, 0.2) is 18.2 Å². The summed E-state index contributed by atoms with van der Waals surface area (Å²) in [4.78, 5) is 2.39. The van der Waals surface area contributed by atoms with Crippen molar-refractivity contribution in [2.45, 2.75) is 38.8 Å². The lowest BCUT2D eigenvalue weighted by molar-refractivity contribution is 0.400. The highest BCUT2D eigenvalue weighted by Gasteiger charge is 2.23. The summed E-state index contributed by atoms with van der Waals surface area (Å²) in [6.07, 6.45) is 3.98. The van der Waals surface area contributed by atoms with Gasteiger partial charge in [-0.3, -0.25) is 0 Å². The zero-order valence-corrected chi connectivity index (χ0v) is 11.4. The maximum absolute atomic E-state index is 6.11. The molecule has 3 heteroatoms. The minimum Gasteiger partial charge on any atom is -0.371 e. The highest BCUT2D eigenvalue weighted by Crippen LogP contribution is 2.32. The Labute approximate surface area is 109 Å². The Kier molecular flexibility index (Phi) is 4.30. The predicted molar refractivity (Wildman–Crippen MR) is 74.9 cm³/mol. The fourth-order valence-corrected chi connectivity index (χ4v) is 2.41. The number of benzene rings is 1. The fraction of sp³-hybridized carbons (Fsp3) is 0.571. The van der Waals surface area contributed by atoms with Crippen molar-refractivity contribution in [3.63, 3.8) is 0 Å². The van der Waals surface area contributed by atoms with Gasteiger partial charge in [0.1, 0.15) is 0 Å². The molecule has 1 aliphatic carbocycles. The first-order chi connectivity index (χ1) is 8.22. The molecule has 0 heterocycles. The van der Waals surface area contributed by atoms with E-state index >= 15 is 0 Å². The lowest BCUT2D eigenvalue weighted by Crippen LogP contribution is -2.37. The van der Waals surface area contributed by atoms with E-state index in [0.29, 0.717) is 6.04 Å². The molecule has 0 bridgehead atoms. The van der Waals surface area contributed by atoms with Crippen LogP contribution in [-0.4, -0.2) is 19.6 Å². The molecule has 0 aromatic heterocycles. The first kappa shape index (κ1) is 12.7. The Morgan fingerprint density at radius 3 is 2.76 bits per heavy atom. The zero-order valence-electron chi connectivity index (χ0n) is 10.7. The number of hydrogen-bond donors (Lipinski definition) is 1. The van der Waals surface area contributed by atoms with Crippen LogP contribution in [0.5, 0.6) is 0 Å². The van der Waals surface area contributed by atoms with Crippen molar-refractivity contribution >= 4 is 17.3 Å². The van der Waals surface area contributed by atoms with Crippen molar-refractivity contribution in [2.75, 3.05) is 18.5 Å². The summed E-state index contributed by atoms with van der Waals surface area (Å²) in [6, 6.07) is 6.91. The Morgan fingerprint density at radius 1 is 1.41 bits per heavy atom. The highest BCUT2D eigenvalue weighted by molar-refractivity contribution is 6.30. The standard InChI is InChI=1S/C14H21ClN2/c1-3-16-10-11-7-8-12(15)9-14(11)17(2)13-5-4-6-13/h7-9,13,16H,3-6,10H2,1-2H3. The summed E-state index contributed by atoms with van der Waals surface area (Å²) in [5.74, 6) is 0. The van der Waals surface area contributed by atoms with Gasteiger partial charge in [-0.25, -0.2) is 0 Å². The van der Waals surface area contributed by atoms with Crippen LogP contribution in [0.2, 0.25) is 5.02 Å². The van der Waals surface area contributed by atoms with E-state index in [1.807, 2.05) is 6.07 Å². The van der Waals surface area contributed by atoms with E-state index in [0.717, 1.165) is 18.1 Å². The fourth-order valence-electron chi connectivity index (χ4n) is 2.25. The molecule has 1 N–H and O–H groups in total. The molecule has 0 aliphatic heterocycles. The summed E-state index contributed by atoms with van der Waals surface area (Å²) in [7, 11) is 2.19. The van der Waals surface area contributed by atoms with Gasteiger partial charge in [0.05, 0.1) is 0 Å². The summed E-state index contributed by atoms with van der Waals surface area (Å²) < 4.78 is 0. The van der Waals surface area contributed by atoms with Gasteiger partial charge in [0, 0.05) is 30.3 Å². The van der Waals surface area contributed by atoms with Crippen LogP contribution in [0.1, 0.15) is 31.7 Å². The summed E-state index contributed by atoms with van der Waals surface area (Å²) in [5, 5.41) is 4.21. The monoisotopic (exact) mass is 252 g/mol. The predicted octanol–water partition coefficient (Wildman–Crippen LogP) is 3.44. The molecular weight excluding hydrogens is 232 g/mol. The second-order valence-corrected chi connectivity index (χ2v) is 5.19. The van der Waals surface area contributed by atoms with Crippen LogP contribution in [-0.2, 0) is 6.54 Å². The van der Waals surface area contributed by atoms with Crippen LogP contribution in [0.4, 0.5) is 5.69 Å². The van der Waals surface area contributed by atoms with Crippen molar-refractivity contribution in [2.24, 2.45) is 0 Å². The first-order valence-corrected chi connectivity index (χ1v) is 6.82. The van der Waals surface area contributed by atoms with Gasteiger partial charge in [-0.05, 0) is 43.5 Å². The van der Waals surface area contributed by atoms with Crippen molar-refractivity contribution in [1.29, 1.82) is 0 Å². The maximum Gasteiger partial charge on any atom is 0.0426 e. The summed E-state index contributed by atoms with van der Waals surface area (Å²) in [6.45, 7) is 4.04. The van der Waals surface area contributed by atoms with Crippen LogP contribution in [0.25, 0.3) is 0 Å². The second kappa shape index (κ2) is 5.74. The van der Waals surface area contributed by atoms with Gasteiger partial charge in [0.15, 0.2) is 0 Å². The molecule has 17 heavy (non-hydrogen) atoms. The lowest BCUT2D eigenvalue weighted by Gasteiger charge is -2.37. The summed E-state index contributed by atoms with van der Waals surface area (Å²) >= 11 is 6.11. The Bertz CT molecular complexity index is 374. The molecule has 0 unspecified atom stereocenters. The van der Waals surface area contributed by atoms with E-state index in [1.165, 1.54) is 30.5 Å². The van der Waals surface area contributed by atoms with Gasteiger partial charge >= 0.3 is 0 Å². The molecule has 0 atom stereocenters. The second-order valence-electron chi connectivity index (χ2n) is 4.75. The van der Waals surface area contributed by atoms with E-state index < -0.39 is 0 Å². The van der Waals surface area contributed by atoms with E-state index in [-0.39, 0.29) is 0 Å². The molecule has 2 nitrogen and oxygen atoms in total. The smallest absolute Gasteiger partial charge is 0.0426 e. The number of rotatable bonds is 5. The Balaban J connectivity index is 2.18. The van der Waals surface area contributed by atoms with E-state index in [2.05, 4.69) is 36.3 Å². The third-order valence-electron chi connectivity index (χ3n) is 3.62. The van der Waals surface area contributed by atoms with Gasteiger partial charge < -0.3 is 10.2 Å². The molecular formula is C14H21ClN2. The molecule has 1 saturated carbocycles. The molecule has 1 aliphatic rings. The molecule has 1 fully saturated rings. The van der Waals surface area contributed by atoms with Crippen LogP contribution >= 0.6 is 11.6 Å². The Morgan fingerprint density at radius 2 is 2.18 bits per heavy atom. The average Bonchev–Trinajstić information content (AvgIpc) is 2.25. The number of anilines is 1. The summed E-state index contributed by atoms with van der Waals surface area (Å²) in [5.41, 5.74) is 2.62. The van der Waals surface area contributed by atoms with Gasteiger partial charge in [-0.2, -0.15) is 0 Å². The molecule has 94 valence electrons. The molecule has 0 amide bonds. The molecule has 1 aromatic rings. The maximum atomic E-state index is 6.11. The van der Waals surface area contributed by atoms with E-state index in [1.54, 1.807) is 0 Å². The lowest BCUT2D eigenvalue weighted by atomic mass is 9.91. The van der Waals surface area contributed by atoms with Crippen LogP contribution in [0.3, 0.4) is 0 Å². The quantitative estimate of drug-likeness (QED) is 0.864. The van der Waals surface area contributed by atoms with Crippen molar-refractivity contribution < 1.29 is 0 Å². The van der Waals surface area contributed by atoms with Crippen molar-refractivity contribution in [3.8, 4) is 0 Å². The number of nitrogens with zero attached hydrogens (tertiary/aromatic N) is 1. The molecule has 0 radical (unpaired) electrons. The van der Waals surface area contributed by atoms with Crippen LogP contribution < -0.4 is 10.2 Å². The minimum atomic E-state index is 0.703. The number of nitrogens with one attached hydrogen (secondary N) is 1. The zero-order chi connectivity index (χ0) is 12.3. The van der Waals surface area contributed by atoms with E-state index in [4.69, 9.17) is 11.6 Å². The van der Waals surface area contributed by atoms with Gasteiger partial charge in [-0.1, -0.05) is 24.6 Å². The SMILES string of the molecule is CCNCc1ccc(Cl)cc1N(C)C1CCC1. The average molecular weight is 253 g/mol. The topological polar surface area (TPSA) is 15.3 Å². The van der Waals surface area contributed by atoms with Gasteiger partial charge in [0.25, 0.3) is 0 Å². The first-order valence-electron chi connectivity index (χ1n) is 6.44. The van der Waals surface area contributed by atoms with Gasteiger partial charge in [-0.15, -0.1) is 0 Å². The third kappa shape index (κ3) is 2.93. The molecule has 2 rings (SSSR count). The minimum absolute atomic E-state index is 0.703. The van der Waals surface area contributed by atoms with Crippen molar-refractivity contribution in [1.82, 2.24) is 5.32 Å². The normalized spacial score (nSPS) is 15.7. The number of hydrogen-bond acceptors (Lipinski definition) is 2. The van der Waals surface area contributed by atoms with Crippen molar-refractivity contribution in [3.05, 3.63) is 28.8 Å². The Hall–Kier alpha value is -0.730.